The second-order valence-electron chi connectivity index (χ2n) is 6.58. The molecule has 1 aromatic carbocycles. The zero-order valence-corrected chi connectivity index (χ0v) is 13.5. The van der Waals surface area contributed by atoms with Crippen LogP contribution in [-0.2, 0) is 9.53 Å². The number of halogens is 1. The summed E-state index contributed by atoms with van der Waals surface area (Å²) >= 11 is 0. The topological polar surface area (TPSA) is 35.5 Å². The second kappa shape index (κ2) is 6.73. The summed E-state index contributed by atoms with van der Waals surface area (Å²) in [5.41, 5.74) is 1.20. The minimum atomic E-state index is -0.831. The van der Waals surface area contributed by atoms with Crippen molar-refractivity contribution in [2.45, 2.75) is 51.2 Å². The van der Waals surface area contributed by atoms with Gasteiger partial charge < -0.3 is 9.47 Å². The molecule has 0 bridgehead atoms. The van der Waals surface area contributed by atoms with Crippen molar-refractivity contribution in [3.63, 3.8) is 0 Å². The highest BCUT2D eigenvalue weighted by molar-refractivity contribution is 5.75. The average Bonchev–Trinajstić information content (AvgIpc) is 2.86. The molecule has 4 atom stereocenters. The number of hydrogen-bond donors (Lipinski definition) is 0. The van der Waals surface area contributed by atoms with Crippen LogP contribution in [0.1, 0.15) is 39.0 Å². The lowest BCUT2D eigenvalue weighted by atomic mass is 9.80. The number of benzene rings is 1. The summed E-state index contributed by atoms with van der Waals surface area (Å²) in [6, 6.07) is 6.07. The molecule has 0 saturated heterocycles. The highest BCUT2D eigenvalue weighted by Crippen LogP contribution is 2.46. The van der Waals surface area contributed by atoms with Crippen LogP contribution >= 0.6 is 0 Å². The first kappa shape index (κ1) is 16.0. The summed E-state index contributed by atoms with van der Waals surface area (Å²) in [6.45, 7) is 5.74. The van der Waals surface area contributed by atoms with Gasteiger partial charge in [-0.05, 0) is 37.8 Å². The van der Waals surface area contributed by atoms with E-state index in [0.717, 1.165) is 19.3 Å². The molecular weight excluding hydrogens is 295 g/mol. The number of carbonyl (C=O) groups is 1. The van der Waals surface area contributed by atoms with Gasteiger partial charge in [0.05, 0.1) is 0 Å². The number of fused-ring (bicyclic) bond motifs is 1. The molecule has 3 rings (SSSR count). The lowest BCUT2D eigenvalue weighted by molar-refractivity contribution is -0.159. The van der Waals surface area contributed by atoms with Gasteiger partial charge in [0.25, 0.3) is 0 Å². The molecule has 124 valence electrons. The molecule has 0 unspecified atom stereocenters. The van der Waals surface area contributed by atoms with Gasteiger partial charge in [-0.25, -0.2) is 9.18 Å². The molecule has 0 heterocycles. The number of rotatable bonds is 4. The molecule has 4 heteroatoms. The zero-order valence-electron chi connectivity index (χ0n) is 13.5. The highest BCUT2D eigenvalue weighted by Gasteiger charge is 2.42. The van der Waals surface area contributed by atoms with E-state index >= 15 is 0 Å². The molecule has 1 aromatic rings. The Balaban J connectivity index is 1.60. The van der Waals surface area contributed by atoms with Gasteiger partial charge in [-0.1, -0.05) is 37.1 Å². The SMILES string of the molecule is C=C1C[C@@H](OC(=O)[C@@H](C)Oc2ccccc2F)[C@@H]2CCCC[C@H]12. The monoisotopic (exact) mass is 318 g/mol. The van der Waals surface area contributed by atoms with Crippen LogP contribution < -0.4 is 4.74 Å². The Morgan fingerprint density at radius 3 is 2.83 bits per heavy atom. The predicted octanol–water partition coefficient (Wildman–Crippen LogP) is 4.27. The minimum Gasteiger partial charge on any atom is -0.476 e. The molecule has 0 spiro atoms. The van der Waals surface area contributed by atoms with Gasteiger partial charge >= 0.3 is 5.97 Å². The molecule has 0 N–H and O–H groups in total. The third-order valence-electron chi connectivity index (χ3n) is 5.02. The third-order valence-corrected chi connectivity index (χ3v) is 5.02. The van der Waals surface area contributed by atoms with E-state index in [4.69, 9.17) is 9.47 Å². The Morgan fingerprint density at radius 2 is 2.04 bits per heavy atom. The van der Waals surface area contributed by atoms with Gasteiger partial charge in [0.15, 0.2) is 17.7 Å². The van der Waals surface area contributed by atoms with Crippen LogP contribution in [0, 0.1) is 17.7 Å². The van der Waals surface area contributed by atoms with E-state index in [1.165, 1.54) is 30.5 Å². The van der Waals surface area contributed by atoms with Crippen LogP contribution in [0.5, 0.6) is 5.75 Å². The maximum absolute atomic E-state index is 13.6. The largest absolute Gasteiger partial charge is 0.476 e. The van der Waals surface area contributed by atoms with Crippen molar-refractivity contribution in [3.8, 4) is 5.75 Å². The molecule has 23 heavy (non-hydrogen) atoms. The first-order valence-corrected chi connectivity index (χ1v) is 8.35. The van der Waals surface area contributed by atoms with Gasteiger partial charge in [0.1, 0.15) is 6.10 Å². The van der Waals surface area contributed by atoms with Crippen LogP contribution in [0.25, 0.3) is 0 Å². The first-order chi connectivity index (χ1) is 11.1. The van der Waals surface area contributed by atoms with E-state index in [9.17, 15) is 9.18 Å². The fraction of sp³-hybridized carbons (Fsp3) is 0.526. The lowest BCUT2D eigenvalue weighted by Gasteiger charge is -2.29. The Kier molecular flexibility index (Phi) is 4.69. The van der Waals surface area contributed by atoms with Gasteiger partial charge in [-0.15, -0.1) is 0 Å². The fourth-order valence-electron chi connectivity index (χ4n) is 3.83. The Morgan fingerprint density at radius 1 is 1.30 bits per heavy atom. The Hall–Kier alpha value is -1.84. The summed E-state index contributed by atoms with van der Waals surface area (Å²) in [5, 5.41) is 0. The van der Waals surface area contributed by atoms with E-state index in [0.29, 0.717) is 11.8 Å². The molecule has 0 radical (unpaired) electrons. The van der Waals surface area contributed by atoms with Crippen LogP contribution in [-0.4, -0.2) is 18.2 Å². The molecular formula is C19H23FO3. The van der Waals surface area contributed by atoms with Crippen LogP contribution in [0.4, 0.5) is 4.39 Å². The Bertz CT molecular complexity index is 598. The maximum Gasteiger partial charge on any atom is 0.347 e. The fourth-order valence-corrected chi connectivity index (χ4v) is 3.83. The van der Waals surface area contributed by atoms with E-state index in [1.807, 2.05) is 0 Å². The van der Waals surface area contributed by atoms with Gasteiger partial charge in [0, 0.05) is 12.3 Å². The van der Waals surface area contributed by atoms with Crippen LogP contribution in [0.2, 0.25) is 0 Å². The van der Waals surface area contributed by atoms with Crippen LogP contribution in [0.15, 0.2) is 36.4 Å². The molecule has 0 amide bonds. The van der Waals surface area contributed by atoms with Crippen molar-refractivity contribution in [2.24, 2.45) is 11.8 Å². The number of carbonyl (C=O) groups excluding carboxylic acids is 1. The molecule has 2 fully saturated rings. The zero-order chi connectivity index (χ0) is 16.4. The number of hydrogen-bond acceptors (Lipinski definition) is 3. The van der Waals surface area contributed by atoms with Gasteiger partial charge in [-0.3, -0.25) is 0 Å². The van der Waals surface area contributed by atoms with E-state index in [1.54, 1.807) is 19.1 Å². The van der Waals surface area contributed by atoms with E-state index in [-0.39, 0.29) is 11.9 Å². The van der Waals surface area contributed by atoms with Crippen molar-refractivity contribution in [3.05, 3.63) is 42.2 Å². The standard InChI is InChI=1S/C19H23FO3/c1-12-11-18(15-8-4-3-7-14(12)15)23-19(21)13(2)22-17-10-6-5-9-16(17)20/h5-6,9-10,13-15,18H,1,3-4,7-8,11H2,2H3/t13-,14-,15-,18-/m1/s1. The molecule has 2 aliphatic rings. The van der Waals surface area contributed by atoms with Crippen molar-refractivity contribution in [2.75, 3.05) is 0 Å². The maximum atomic E-state index is 13.6. The highest BCUT2D eigenvalue weighted by atomic mass is 19.1. The predicted molar refractivity (Wildman–Crippen MR) is 85.6 cm³/mol. The number of para-hydroxylation sites is 1. The van der Waals surface area contributed by atoms with Crippen LogP contribution in [0.3, 0.4) is 0 Å². The Labute approximate surface area is 136 Å². The average molecular weight is 318 g/mol. The summed E-state index contributed by atoms with van der Waals surface area (Å²) in [6.07, 6.45) is 4.46. The van der Waals surface area contributed by atoms with E-state index in [2.05, 4.69) is 6.58 Å². The molecule has 3 nitrogen and oxygen atoms in total. The summed E-state index contributed by atoms with van der Waals surface area (Å²) in [7, 11) is 0. The number of ether oxygens (including phenoxy) is 2. The normalized spacial score (nSPS) is 28.1. The summed E-state index contributed by atoms with van der Waals surface area (Å²) in [5.74, 6) is 0.0412. The molecule has 2 aliphatic carbocycles. The van der Waals surface area contributed by atoms with E-state index < -0.39 is 17.9 Å². The van der Waals surface area contributed by atoms with Crippen molar-refractivity contribution in [1.82, 2.24) is 0 Å². The summed E-state index contributed by atoms with van der Waals surface area (Å²) < 4.78 is 24.7. The molecule has 0 aliphatic heterocycles. The summed E-state index contributed by atoms with van der Waals surface area (Å²) in [4.78, 5) is 12.3. The smallest absolute Gasteiger partial charge is 0.347 e. The lowest BCUT2D eigenvalue weighted by Crippen LogP contribution is -2.33. The molecule has 0 aromatic heterocycles. The third kappa shape index (κ3) is 3.41. The quantitative estimate of drug-likeness (QED) is 0.614. The minimum absolute atomic E-state index is 0.0725. The molecule has 2 saturated carbocycles. The second-order valence-corrected chi connectivity index (χ2v) is 6.58. The van der Waals surface area contributed by atoms with Crippen molar-refractivity contribution >= 4 is 5.97 Å². The van der Waals surface area contributed by atoms with Crippen molar-refractivity contribution in [1.29, 1.82) is 0 Å². The van der Waals surface area contributed by atoms with Gasteiger partial charge in [0.2, 0.25) is 0 Å². The first-order valence-electron chi connectivity index (χ1n) is 8.35. The van der Waals surface area contributed by atoms with Crippen molar-refractivity contribution < 1.29 is 18.7 Å². The van der Waals surface area contributed by atoms with Gasteiger partial charge in [-0.2, -0.15) is 0 Å². The number of esters is 1.